The molecule has 3 rings (SSSR count). The molecular weight excluding hydrogens is 366 g/mol. The SMILES string of the molecule is O=C(COc1ccccc1[N+](=O)[O-])OCC(=O)N1CCC(c2ccccc2)=N1. The maximum atomic E-state index is 12.2. The first-order chi connectivity index (χ1) is 13.5. The van der Waals surface area contributed by atoms with Crippen LogP contribution < -0.4 is 4.74 Å². The van der Waals surface area contributed by atoms with E-state index in [2.05, 4.69) is 5.10 Å². The molecule has 2 aromatic carbocycles. The van der Waals surface area contributed by atoms with Crippen molar-refractivity contribution in [2.45, 2.75) is 6.42 Å². The van der Waals surface area contributed by atoms with Gasteiger partial charge in [0.15, 0.2) is 19.0 Å². The number of esters is 1. The molecule has 1 amide bonds. The van der Waals surface area contributed by atoms with Crippen molar-refractivity contribution in [2.24, 2.45) is 5.10 Å². The minimum atomic E-state index is -0.807. The van der Waals surface area contributed by atoms with Crippen LogP contribution in [0.3, 0.4) is 0 Å². The van der Waals surface area contributed by atoms with Gasteiger partial charge in [0, 0.05) is 12.5 Å². The summed E-state index contributed by atoms with van der Waals surface area (Å²) in [7, 11) is 0. The van der Waals surface area contributed by atoms with Crippen molar-refractivity contribution >= 4 is 23.3 Å². The van der Waals surface area contributed by atoms with Gasteiger partial charge >= 0.3 is 11.7 Å². The van der Waals surface area contributed by atoms with Crippen LogP contribution in [-0.4, -0.2) is 47.3 Å². The third-order valence-electron chi connectivity index (χ3n) is 3.96. The molecule has 0 aliphatic carbocycles. The van der Waals surface area contributed by atoms with Gasteiger partial charge in [0.05, 0.1) is 17.2 Å². The van der Waals surface area contributed by atoms with Gasteiger partial charge in [-0.3, -0.25) is 14.9 Å². The minimum absolute atomic E-state index is 0.0487. The molecule has 0 bridgehead atoms. The van der Waals surface area contributed by atoms with Crippen LogP contribution in [0.15, 0.2) is 59.7 Å². The number of para-hydroxylation sites is 2. The lowest BCUT2D eigenvalue weighted by Crippen LogP contribution is -2.29. The number of amides is 1. The van der Waals surface area contributed by atoms with E-state index in [4.69, 9.17) is 9.47 Å². The van der Waals surface area contributed by atoms with Crippen LogP contribution in [-0.2, 0) is 14.3 Å². The summed E-state index contributed by atoms with van der Waals surface area (Å²) in [5, 5.41) is 16.4. The summed E-state index contributed by atoms with van der Waals surface area (Å²) < 4.78 is 10.0. The molecule has 0 N–H and O–H groups in total. The second-order valence-corrected chi connectivity index (χ2v) is 5.85. The first kappa shape index (κ1) is 19.0. The van der Waals surface area contributed by atoms with Crippen LogP contribution in [0.1, 0.15) is 12.0 Å². The fourth-order valence-corrected chi connectivity index (χ4v) is 2.60. The van der Waals surface area contributed by atoms with Gasteiger partial charge in [0.2, 0.25) is 0 Å². The van der Waals surface area contributed by atoms with Gasteiger partial charge in [-0.05, 0) is 11.6 Å². The van der Waals surface area contributed by atoms with E-state index in [1.807, 2.05) is 30.3 Å². The molecule has 144 valence electrons. The van der Waals surface area contributed by atoms with Crippen molar-refractivity contribution in [2.75, 3.05) is 19.8 Å². The number of nitrogens with zero attached hydrogens (tertiary/aromatic N) is 3. The summed E-state index contributed by atoms with van der Waals surface area (Å²) in [4.78, 5) is 34.2. The molecule has 9 nitrogen and oxygen atoms in total. The molecule has 0 spiro atoms. The molecular formula is C19H17N3O6. The predicted molar refractivity (Wildman–Crippen MR) is 98.9 cm³/mol. The lowest BCUT2D eigenvalue weighted by atomic mass is 10.1. The maximum absolute atomic E-state index is 12.2. The van der Waals surface area contributed by atoms with E-state index in [1.165, 1.54) is 23.2 Å². The Balaban J connectivity index is 1.48. The predicted octanol–water partition coefficient (Wildman–Crippen LogP) is 2.15. The molecule has 0 atom stereocenters. The lowest BCUT2D eigenvalue weighted by molar-refractivity contribution is -0.385. The molecule has 0 fully saturated rings. The molecule has 28 heavy (non-hydrogen) atoms. The Hall–Kier alpha value is -3.75. The first-order valence-electron chi connectivity index (χ1n) is 8.49. The number of carbonyl (C=O) groups excluding carboxylic acids is 2. The van der Waals surface area contributed by atoms with E-state index in [1.54, 1.807) is 6.07 Å². The third-order valence-corrected chi connectivity index (χ3v) is 3.96. The zero-order valence-corrected chi connectivity index (χ0v) is 14.8. The zero-order chi connectivity index (χ0) is 19.9. The van der Waals surface area contributed by atoms with Gasteiger partial charge in [-0.15, -0.1) is 0 Å². The van der Waals surface area contributed by atoms with E-state index < -0.39 is 30.0 Å². The van der Waals surface area contributed by atoms with Crippen molar-refractivity contribution < 1.29 is 24.0 Å². The molecule has 0 saturated heterocycles. The molecule has 9 heteroatoms. The summed E-state index contributed by atoms with van der Waals surface area (Å²) in [6.07, 6.45) is 0.616. The average molecular weight is 383 g/mol. The number of nitro groups is 1. The molecule has 1 heterocycles. The Bertz CT molecular complexity index is 913. The van der Waals surface area contributed by atoms with E-state index >= 15 is 0 Å². The van der Waals surface area contributed by atoms with Gasteiger partial charge in [-0.1, -0.05) is 42.5 Å². The number of hydrogen-bond donors (Lipinski definition) is 0. The summed E-state index contributed by atoms with van der Waals surface area (Å²) in [6.45, 7) is -0.616. The number of hydrogen-bond acceptors (Lipinski definition) is 7. The Labute approximate surface area is 160 Å². The highest BCUT2D eigenvalue weighted by Gasteiger charge is 2.23. The number of nitro benzene ring substituents is 1. The van der Waals surface area contributed by atoms with Crippen LogP contribution in [0.4, 0.5) is 5.69 Å². The highest BCUT2D eigenvalue weighted by Crippen LogP contribution is 2.25. The quantitative estimate of drug-likeness (QED) is 0.411. The summed E-state index contributed by atoms with van der Waals surface area (Å²) in [6, 6.07) is 15.2. The van der Waals surface area contributed by atoms with E-state index in [9.17, 15) is 19.7 Å². The van der Waals surface area contributed by atoms with Gasteiger partial charge in [-0.2, -0.15) is 5.10 Å². The van der Waals surface area contributed by atoms with Crippen LogP contribution in [0.5, 0.6) is 5.75 Å². The Kier molecular flexibility index (Phi) is 5.95. The highest BCUT2D eigenvalue weighted by molar-refractivity contribution is 6.02. The van der Waals surface area contributed by atoms with Crippen LogP contribution in [0, 0.1) is 10.1 Å². The van der Waals surface area contributed by atoms with Crippen molar-refractivity contribution in [3.05, 3.63) is 70.3 Å². The molecule has 2 aromatic rings. The van der Waals surface area contributed by atoms with Crippen molar-refractivity contribution in [3.63, 3.8) is 0 Å². The van der Waals surface area contributed by atoms with Crippen molar-refractivity contribution in [3.8, 4) is 5.75 Å². The van der Waals surface area contributed by atoms with Gasteiger partial charge in [0.25, 0.3) is 5.91 Å². The normalized spacial score (nSPS) is 13.0. The molecule has 0 radical (unpaired) electrons. The van der Waals surface area contributed by atoms with Gasteiger partial charge < -0.3 is 9.47 Å². The second kappa shape index (κ2) is 8.76. The maximum Gasteiger partial charge on any atom is 0.344 e. The van der Waals surface area contributed by atoms with Crippen molar-refractivity contribution in [1.29, 1.82) is 0 Å². The number of rotatable bonds is 7. The fourth-order valence-electron chi connectivity index (χ4n) is 2.60. The lowest BCUT2D eigenvalue weighted by Gasteiger charge is -2.12. The molecule has 0 aromatic heterocycles. The monoisotopic (exact) mass is 383 g/mol. The number of carbonyl (C=O) groups is 2. The average Bonchev–Trinajstić information content (AvgIpc) is 3.21. The number of hydrazone groups is 1. The zero-order valence-electron chi connectivity index (χ0n) is 14.8. The Morgan fingerprint density at radius 3 is 2.54 bits per heavy atom. The van der Waals surface area contributed by atoms with E-state index in [0.29, 0.717) is 13.0 Å². The Morgan fingerprint density at radius 2 is 1.79 bits per heavy atom. The summed E-state index contributed by atoms with van der Waals surface area (Å²) in [5.41, 5.74) is 1.47. The third kappa shape index (κ3) is 4.70. The molecule has 0 saturated carbocycles. The Morgan fingerprint density at radius 1 is 1.07 bits per heavy atom. The summed E-state index contributed by atoms with van der Waals surface area (Å²) in [5.74, 6) is -1.31. The topological polar surface area (TPSA) is 111 Å². The van der Waals surface area contributed by atoms with E-state index in [0.717, 1.165) is 11.3 Å². The smallest absolute Gasteiger partial charge is 0.344 e. The largest absolute Gasteiger partial charge is 0.475 e. The van der Waals surface area contributed by atoms with Crippen LogP contribution >= 0.6 is 0 Å². The molecule has 1 aliphatic heterocycles. The number of ether oxygens (including phenoxy) is 2. The van der Waals surface area contributed by atoms with Crippen molar-refractivity contribution in [1.82, 2.24) is 5.01 Å². The standard InChI is InChI=1S/C19H17N3O6/c23-18(21-11-10-15(20-21)14-6-2-1-3-7-14)12-28-19(24)13-27-17-9-5-4-8-16(17)22(25)26/h1-9H,10-13H2. The minimum Gasteiger partial charge on any atom is -0.475 e. The van der Waals surface area contributed by atoms with Crippen LogP contribution in [0.2, 0.25) is 0 Å². The first-order valence-corrected chi connectivity index (χ1v) is 8.49. The molecule has 1 aliphatic rings. The number of benzene rings is 2. The van der Waals surface area contributed by atoms with Gasteiger partial charge in [-0.25, -0.2) is 9.80 Å². The second-order valence-electron chi connectivity index (χ2n) is 5.85. The van der Waals surface area contributed by atoms with Crippen LogP contribution in [0.25, 0.3) is 0 Å². The highest BCUT2D eigenvalue weighted by atomic mass is 16.6. The fraction of sp³-hybridized carbons (Fsp3) is 0.211. The van der Waals surface area contributed by atoms with E-state index in [-0.39, 0.29) is 11.4 Å². The molecule has 0 unspecified atom stereocenters. The van der Waals surface area contributed by atoms with Gasteiger partial charge in [0.1, 0.15) is 0 Å². The summed E-state index contributed by atoms with van der Waals surface area (Å²) >= 11 is 0.